The van der Waals surface area contributed by atoms with Gasteiger partial charge in [-0.15, -0.1) is 0 Å². The lowest BCUT2D eigenvalue weighted by atomic mass is 10.0. The zero-order valence-electron chi connectivity index (χ0n) is 13.9. The van der Waals surface area contributed by atoms with E-state index in [1.807, 2.05) is 12.1 Å². The van der Waals surface area contributed by atoms with Crippen molar-refractivity contribution in [2.45, 2.75) is 50.9 Å². The summed E-state index contributed by atoms with van der Waals surface area (Å²) in [5, 5.41) is 8.97. The number of nitrogens with one attached hydrogen (secondary N) is 1. The van der Waals surface area contributed by atoms with Crippen LogP contribution in [0.15, 0.2) is 30.6 Å². The molecule has 24 heavy (non-hydrogen) atoms. The summed E-state index contributed by atoms with van der Waals surface area (Å²) in [4.78, 5) is 6.84. The summed E-state index contributed by atoms with van der Waals surface area (Å²) >= 11 is 5.96. The molecule has 3 heterocycles. The second-order valence-electron chi connectivity index (χ2n) is 6.94. The van der Waals surface area contributed by atoms with Gasteiger partial charge >= 0.3 is 0 Å². The van der Waals surface area contributed by atoms with Crippen LogP contribution >= 0.6 is 11.6 Å². The fraction of sp³-hybridized carbons (Fsp3) is 0.556. The van der Waals surface area contributed by atoms with Crippen LogP contribution in [-0.2, 0) is 19.5 Å². The summed E-state index contributed by atoms with van der Waals surface area (Å²) < 4.78 is 2.05. The molecule has 0 unspecified atom stereocenters. The molecule has 0 bridgehead atoms. The van der Waals surface area contributed by atoms with Gasteiger partial charge in [-0.1, -0.05) is 23.7 Å². The van der Waals surface area contributed by atoms with Crippen LogP contribution in [0.4, 0.5) is 0 Å². The Bertz CT molecular complexity index is 660. The summed E-state index contributed by atoms with van der Waals surface area (Å²) in [6, 6.07) is 9.38. The van der Waals surface area contributed by atoms with E-state index in [4.69, 9.17) is 11.6 Å². The molecule has 0 aliphatic carbocycles. The van der Waals surface area contributed by atoms with Crippen molar-refractivity contribution in [3.63, 3.8) is 0 Å². The molecule has 1 aromatic carbocycles. The van der Waals surface area contributed by atoms with E-state index in [9.17, 15) is 0 Å². The van der Waals surface area contributed by atoms with E-state index in [1.165, 1.54) is 24.8 Å². The Labute approximate surface area is 148 Å². The molecule has 4 rings (SSSR count). The molecular weight excluding hydrogens is 322 g/mol. The SMILES string of the molecule is Clc1ccc(CN2CCC(N[C@H]3CCc4ncnn4C3)CC2)cc1. The Hall–Kier alpha value is -1.43. The Morgan fingerprint density at radius 1 is 1.08 bits per heavy atom. The lowest BCUT2D eigenvalue weighted by Gasteiger charge is -2.35. The van der Waals surface area contributed by atoms with E-state index >= 15 is 0 Å². The zero-order valence-corrected chi connectivity index (χ0v) is 14.6. The minimum absolute atomic E-state index is 0.534. The van der Waals surface area contributed by atoms with Gasteiger partial charge < -0.3 is 5.32 Å². The molecule has 0 saturated carbocycles. The summed E-state index contributed by atoms with van der Waals surface area (Å²) in [5.41, 5.74) is 1.34. The number of benzene rings is 1. The maximum absolute atomic E-state index is 5.96. The highest BCUT2D eigenvalue weighted by Crippen LogP contribution is 2.18. The van der Waals surface area contributed by atoms with Crippen molar-refractivity contribution in [1.82, 2.24) is 25.0 Å². The van der Waals surface area contributed by atoms with Gasteiger partial charge in [0.15, 0.2) is 0 Å². The Morgan fingerprint density at radius 3 is 2.67 bits per heavy atom. The average molecular weight is 346 g/mol. The minimum atomic E-state index is 0.534. The lowest BCUT2D eigenvalue weighted by Crippen LogP contribution is -2.48. The van der Waals surface area contributed by atoms with Crippen molar-refractivity contribution in [3.8, 4) is 0 Å². The molecule has 0 radical (unpaired) electrons. The van der Waals surface area contributed by atoms with E-state index in [0.717, 1.165) is 43.4 Å². The number of halogens is 1. The van der Waals surface area contributed by atoms with Crippen molar-refractivity contribution in [1.29, 1.82) is 0 Å². The first-order chi connectivity index (χ1) is 11.8. The van der Waals surface area contributed by atoms with Crippen LogP contribution in [0.5, 0.6) is 0 Å². The van der Waals surface area contributed by atoms with Gasteiger partial charge in [-0.3, -0.25) is 4.90 Å². The fourth-order valence-corrected chi connectivity index (χ4v) is 3.94. The zero-order chi connectivity index (χ0) is 16.4. The number of hydrogen-bond donors (Lipinski definition) is 1. The molecule has 1 atom stereocenters. The summed E-state index contributed by atoms with van der Waals surface area (Å²) in [6.07, 6.45) is 6.31. The first-order valence-electron chi connectivity index (χ1n) is 8.86. The van der Waals surface area contributed by atoms with E-state index in [-0.39, 0.29) is 0 Å². The predicted molar refractivity (Wildman–Crippen MR) is 95.0 cm³/mol. The van der Waals surface area contributed by atoms with E-state index < -0.39 is 0 Å². The topological polar surface area (TPSA) is 46.0 Å². The van der Waals surface area contributed by atoms with Gasteiger partial charge in [-0.25, -0.2) is 9.67 Å². The number of fused-ring (bicyclic) bond motifs is 1. The third-order valence-electron chi connectivity index (χ3n) is 5.18. The first-order valence-corrected chi connectivity index (χ1v) is 9.23. The second kappa shape index (κ2) is 7.21. The number of aromatic nitrogens is 3. The number of piperidine rings is 1. The quantitative estimate of drug-likeness (QED) is 0.924. The molecule has 5 nitrogen and oxygen atoms in total. The Morgan fingerprint density at radius 2 is 1.88 bits per heavy atom. The van der Waals surface area contributed by atoms with Crippen LogP contribution in [-0.4, -0.2) is 44.8 Å². The number of rotatable bonds is 4. The normalized spacial score (nSPS) is 22.5. The monoisotopic (exact) mass is 345 g/mol. The van der Waals surface area contributed by atoms with Crippen LogP contribution in [0.3, 0.4) is 0 Å². The smallest absolute Gasteiger partial charge is 0.138 e. The summed E-state index contributed by atoms with van der Waals surface area (Å²) in [5.74, 6) is 1.13. The summed E-state index contributed by atoms with van der Waals surface area (Å²) in [7, 11) is 0. The number of likely N-dealkylation sites (tertiary alicyclic amines) is 1. The van der Waals surface area contributed by atoms with Gasteiger partial charge in [0.05, 0.1) is 6.54 Å². The van der Waals surface area contributed by atoms with Gasteiger partial charge in [0.25, 0.3) is 0 Å². The highest BCUT2D eigenvalue weighted by molar-refractivity contribution is 6.30. The van der Waals surface area contributed by atoms with Crippen LogP contribution in [0.1, 0.15) is 30.7 Å². The molecule has 1 fully saturated rings. The lowest BCUT2D eigenvalue weighted by molar-refractivity contribution is 0.177. The highest BCUT2D eigenvalue weighted by Gasteiger charge is 2.25. The van der Waals surface area contributed by atoms with Crippen molar-refractivity contribution in [3.05, 3.63) is 47.0 Å². The van der Waals surface area contributed by atoms with E-state index in [1.54, 1.807) is 6.33 Å². The average Bonchev–Trinajstić information content (AvgIpc) is 3.06. The van der Waals surface area contributed by atoms with Crippen molar-refractivity contribution in [2.24, 2.45) is 0 Å². The molecule has 0 amide bonds. The fourth-order valence-electron chi connectivity index (χ4n) is 3.81. The van der Waals surface area contributed by atoms with Crippen LogP contribution in [0.25, 0.3) is 0 Å². The van der Waals surface area contributed by atoms with Gasteiger partial charge in [0.2, 0.25) is 0 Å². The van der Waals surface area contributed by atoms with Crippen LogP contribution < -0.4 is 5.32 Å². The van der Waals surface area contributed by atoms with E-state index in [0.29, 0.717) is 12.1 Å². The van der Waals surface area contributed by atoms with Gasteiger partial charge in [0, 0.05) is 30.1 Å². The van der Waals surface area contributed by atoms with Crippen LogP contribution in [0, 0.1) is 0 Å². The Kier molecular flexibility index (Phi) is 4.83. The molecular formula is C18H24ClN5. The third-order valence-corrected chi connectivity index (χ3v) is 5.44. The van der Waals surface area contributed by atoms with E-state index in [2.05, 4.69) is 37.1 Å². The molecule has 0 spiro atoms. The Balaban J connectivity index is 1.24. The minimum Gasteiger partial charge on any atom is -0.309 e. The first kappa shape index (κ1) is 16.1. The predicted octanol–water partition coefficient (Wildman–Crippen LogP) is 2.50. The molecule has 2 aliphatic rings. The maximum atomic E-state index is 5.96. The van der Waals surface area contributed by atoms with Gasteiger partial charge in [0.1, 0.15) is 12.2 Å². The number of nitrogens with zero attached hydrogens (tertiary/aromatic N) is 4. The maximum Gasteiger partial charge on any atom is 0.138 e. The molecule has 1 saturated heterocycles. The number of hydrogen-bond acceptors (Lipinski definition) is 4. The second-order valence-corrected chi connectivity index (χ2v) is 7.37. The number of aryl methyl sites for hydroxylation is 1. The third kappa shape index (κ3) is 3.79. The molecule has 1 N–H and O–H groups in total. The van der Waals surface area contributed by atoms with Crippen molar-refractivity contribution >= 4 is 11.6 Å². The summed E-state index contributed by atoms with van der Waals surface area (Å²) in [6.45, 7) is 4.29. The van der Waals surface area contributed by atoms with Gasteiger partial charge in [-0.05, 0) is 50.0 Å². The highest BCUT2D eigenvalue weighted by atomic mass is 35.5. The standard InChI is InChI=1S/C18H24ClN5/c19-15-3-1-14(2-4-15)11-23-9-7-16(8-10-23)22-17-5-6-18-20-13-21-24(18)12-17/h1-4,13,16-17,22H,5-12H2/t17-/m0/s1. The van der Waals surface area contributed by atoms with Crippen LogP contribution in [0.2, 0.25) is 5.02 Å². The molecule has 6 heteroatoms. The molecule has 1 aromatic heterocycles. The van der Waals surface area contributed by atoms with Crippen molar-refractivity contribution in [2.75, 3.05) is 13.1 Å². The largest absolute Gasteiger partial charge is 0.309 e. The van der Waals surface area contributed by atoms with Gasteiger partial charge in [-0.2, -0.15) is 5.10 Å². The molecule has 128 valence electrons. The molecule has 2 aromatic rings. The molecule has 2 aliphatic heterocycles. The van der Waals surface area contributed by atoms with Crippen molar-refractivity contribution < 1.29 is 0 Å².